The Kier molecular flexibility index (Phi) is 6.59. The fraction of sp³-hybridized carbons (Fsp3) is 0. The van der Waals surface area contributed by atoms with E-state index in [0.717, 1.165) is 98.1 Å². The summed E-state index contributed by atoms with van der Waals surface area (Å²) >= 11 is 4.67. The molecule has 0 amide bonds. The Bertz CT molecular complexity index is 2520. The molecule has 51 heavy (non-hydrogen) atoms. The van der Waals surface area contributed by atoms with Gasteiger partial charge in [0.25, 0.3) is 0 Å². The Hall–Kier alpha value is -6.33. The maximum absolute atomic E-state index is 11.0. The van der Waals surface area contributed by atoms with Crippen LogP contribution >= 0.6 is 34.0 Å². The zero-order chi connectivity index (χ0) is 34.2. The van der Waals surface area contributed by atoms with Crippen molar-refractivity contribution in [1.82, 2.24) is 0 Å². The Labute approximate surface area is 306 Å². The average molecular weight is 700 g/mol. The zero-order valence-electron chi connectivity index (χ0n) is 26.7. The molecule has 0 radical (unpaired) electrons. The zero-order valence-corrected chi connectivity index (χ0v) is 29.1. The largest absolute Gasteiger partial charge is 0.192 e. The Balaban J connectivity index is 1.52. The van der Waals surface area contributed by atoms with E-state index in [-0.39, 0.29) is 0 Å². The first-order valence-electron chi connectivity index (χ1n) is 16.3. The molecule has 3 aliphatic rings. The molecule has 3 heterocycles. The molecule has 0 bridgehead atoms. The van der Waals surface area contributed by atoms with E-state index in [9.17, 15) is 15.8 Å². The van der Waals surface area contributed by atoms with Crippen LogP contribution in [-0.2, 0) is 0 Å². The van der Waals surface area contributed by atoms with E-state index >= 15 is 0 Å². The van der Waals surface area contributed by atoms with Gasteiger partial charge >= 0.3 is 0 Å². The predicted octanol–water partition coefficient (Wildman–Crippen LogP) is 12.3. The number of rotatable bonds is 3. The van der Waals surface area contributed by atoms with Crippen molar-refractivity contribution in [1.29, 1.82) is 15.8 Å². The van der Waals surface area contributed by atoms with E-state index in [1.54, 1.807) is 34.0 Å². The summed E-state index contributed by atoms with van der Waals surface area (Å²) in [5.74, 6) is 0. The van der Waals surface area contributed by atoms with Gasteiger partial charge in [-0.3, -0.25) is 0 Å². The summed E-state index contributed by atoms with van der Waals surface area (Å²) in [4.78, 5) is 2.70. The Morgan fingerprint density at radius 2 is 0.608 bits per heavy atom. The maximum atomic E-state index is 11.0. The van der Waals surface area contributed by atoms with E-state index in [4.69, 9.17) is 0 Å². The number of hydrogen-bond donors (Lipinski definition) is 0. The summed E-state index contributed by atoms with van der Waals surface area (Å²) in [6.07, 6.45) is 0. The van der Waals surface area contributed by atoms with Crippen molar-refractivity contribution in [3.8, 4) is 51.6 Å². The van der Waals surface area contributed by atoms with Crippen LogP contribution in [-0.4, -0.2) is 0 Å². The number of hydrogen-bond acceptors (Lipinski definition) is 6. The molecular formula is C45H21N3S3. The van der Waals surface area contributed by atoms with Gasteiger partial charge in [-0.2, -0.15) is 15.8 Å². The van der Waals surface area contributed by atoms with E-state index in [2.05, 4.69) is 72.8 Å². The fourth-order valence-corrected chi connectivity index (χ4v) is 10.4. The first kappa shape index (κ1) is 29.6. The van der Waals surface area contributed by atoms with Crippen molar-refractivity contribution in [2.75, 3.05) is 0 Å². The number of nitriles is 3. The molecule has 0 atom stereocenters. The van der Waals surface area contributed by atoms with Gasteiger partial charge in [0.15, 0.2) is 0 Å². The number of nitrogens with zero attached hydrogens (tertiary/aromatic N) is 3. The van der Waals surface area contributed by atoms with E-state index < -0.39 is 0 Å². The molecule has 4 aromatic carbocycles. The molecule has 0 aliphatic heterocycles. The molecule has 0 fully saturated rings. The molecule has 0 spiro atoms. The molecule has 0 N–H and O–H groups in total. The number of allylic oxidation sites excluding steroid dienone is 3. The van der Waals surface area contributed by atoms with Gasteiger partial charge in [0.2, 0.25) is 0 Å². The smallest absolute Gasteiger partial charge is 0.101 e. The highest BCUT2D eigenvalue weighted by molar-refractivity contribution is 7.12. The summed E-state index contributed by atoms with van der Waals surface area (Å²) in [5.41, 5.74) is 16.6. The summed E-state index contributed by atoms with van der Waals surface area (Å²) in [7, 11) is 0. The molecule has 3 aromatic heterocycles. The van der Waals surface area contributed by atoms with Gasteiger partial charge in [0.1, 0.15) is 18.2 Å². The molecule has 3 nitrogen and oxygen atoms in total. The molecule has 0 unspecified atom stereocenters. The van der Waals surface area contributed by atoms with Crippen LogP contribution in [0.25, 0.3) is 66.8 Å². The lowest BCUT2D eigenvalue weighted by Crippen LogP contribution is -1.99. The summed E-state index contributed by atoms with van der Waals surface area (Å²) < 4.78 is 0. The summed E-state index contributed by atoms with van der Waals surface area (Å²) in [5, 5.41) is 39.0. The molecular weight excluding hydrogens is 679 g/mol. The van der Waals surface area contributed by atoms with Gasteiger partial charge in [0, 0.05) is 48.0 Å². The van der Waals surface area contributed by atoms with Gasteiger partial charge in [0.05, 0.1) is 16.7 Å². The molecule has 7 aromatic rings. The first-order chi connectivity index (χ1) is 25.2. The minimum atomic E-state index is 0.617. The highest BCUT2D eigenvalue weighted by atomic mass is 32.1. The lowest BCUT2D eigenvalue weighted by atomic mass is 9.82. The highest BCUT2D eigenvalue weighted by Crippen LogP contribution is 2.66. The second kappa shape index (κ2) is 11.4. The summed E-state index contributed by atoms with van der Waals surface area (Å²) in [6.45, 7) is 0. The maximum Gasteiger partial charge on any atom is 0.101 e. The number of benzene rings is 4. The number of fused-ring (bicyclic) bond motifs is 12. The second-order valence-electron chi connectivity index (χ2n) is 12.4. The van der Waals surface area contributed by atoms with Crippen LogP contribution < -0.4 is 0 Å². The second-order valence-corrected chi connectivity index (χ2v) is 15.2. The van der Waals surface area contributed by atoms with Crippen molar-refractivity contribution >= 4 is 67.4 Å². The van der Waals surface area contributed by atoms with Crippen LogP contribution in [0, 0.1) is 34.0 Å². The topological polar surface area (TPSA) is 71.4 Å². The third-order valence-corrected chi connectivity index (χ3v) is 12.7. The van der Waals surface area contributed by atoms with Crippen LogP contribution in [0.2, 0.25) is 0 Å². The predicted molar refractivity (Wildman–Crippen MR) is 210 cm³/mol. The third kappa shape index (κ3) is 4.00. The monoisotopic (exact) mass is 699 g/mol. The highest BCUT2D eigenvalue weighted by Gasteiger charge is 2.44. The molecule has 3 aliphatic carbocycles. The Morgan fingerprint density at radius 3 is 0.843 bits per heavy atom. The van der Waals surface area contributed by atoms with Crippen molar-refractivity contribution in [2.45, 2.75) is 0 Å². The third-order valence-electron chi connectivity index (χ3n) is 10.0. The van der Waals surface area contributed by atoms with Crippen LogP contribution in [0.4, 0.5) is 0 Å². The summed E-state index contributed by atoms with van der Waals surface area (Å²) in [6, 6.07) is 45.0. The molecule has 0 saturated heterocycles. The van der Waals surface area contributed by atoms with Crippen molar-refractivity contribution < 1.29 is 0 Å². The minimum absolute atomic E-state index is 0.617. The van der Waals surface area contributed by atoms with E-state index in [1.165, 1.54) is 0 Å². The van der Waals surface area contributed by atoms with Crippen LogP contribution in [0.1, 0.15) is 48.0 Å². The molecule has 10 rings (SSSR count). The first-order valence-corrected chi connectivity index (χ1v) is 19.0. The van der Waals surface area contributed by atoms with Crippen LogP contribution in [0.15, 0.2) is 125 Å². The van der Waals surface area contributed by atoms with Crippen molar-refractivity contribution in [3.05, 3.63) is 173 Å². The van der Waals surface area contributed by atoms with Crippen molar-refractivity contribution in [2.24, 2.45) is 0 Å². The van der Waals surface area contributed by atoms with Gasteiger partial charge in [-0.15, -0.1) is 34.0 Å². The molecule has 234 valence electrons. The van der Waals surface area contributed by atoms with E-state index in [1.807, 2.05) is 70.7 Å². The van der Waals surface area contributed by atoms with Gasteiger partial charge < -0.3 is 0 Å². The normalized spacial score (nSPS) is 15.7. The fourth-order valence-electron chi connectivity index (χ4n) is 8.21. The molecule has 6 heteroatoms. The Morgan fingerprint density at radius 1 is 0.333 bits per heavy atom. The lowest BCUT2D eigenvalue weighted by Gasteiger charge is -2.20. The average Bonchev–Trinajstić information content (AvgIpc) is 4.03. The van der Waals surface area contributed by atoms with Gasteiger partial charge in [-0.1, -0.05) is 91.0 Å². The minimum Gasteiger partial charge on any atom is -0.192 e. The standard InChI is InChI=1S/C45H21N3S3/c46-22-31(34-16-7-19-49-34)37-25-10-1-4-13-28(25)40-43(37)41-29-14-5-2-11-26(29)39(33(24-48)36-18-9-21-51-36)45(41)42-30-15-6-3-12-27(30)38(44(40)42)32(23-47)35-17-8-20-50-35/h1-21H. The van der Waals surface area contributed by atoms with Crippen molar-refractivity contribution in [3.63, 3.8) is 0 Å². The lowest BCUT2D eigenvalue weighted by molar-refractivity contribution is 1.53. The van der Waals surface area contributed by atoms with E-state index in [0.29, 0.717) is 16.7 Å². The van der Waals surface area contributed by atoms with Crippen LogP contribution in [0.5, 0.6) is 0 Å². The molecule has 0 saturated carbocycles. The van der Waals surface area contributed by atoms with Gasteiger partial charge in [-0.05, 0) is 84.4 Å². The van der Waals surface area contributed by atoms with Crippen LogP contribution in [0.3, 0.4) is 0 Å². The SMILES string of the molecule is N#CC(=C1c2ccccc2-c2c1c1c(c3c2C(=C(C#N)c2cccs2)c2ccccc2-3)C(=C(C#N)c2cccs2)c2ccccc2-1)c1cccs1. The number of thiophene rings is 3. The van der Waals surface area contributed by atoms with Gasteiger partial charge in [-0.25, -0.2) is 0 Å². The quantitative estimate of drug-likeness (QED) is 0.172.